The monoisotopic (exact) mass is 379 g/mol. The summed E-state index contributed by atoms with van der Waals surface area (Å²) in [7, 11) is -6.11. The van der Waals surface area contributed by atoms with Crippen molar-refractivity contribution in [3.05, 3.63) is 16.7 Å². The van der Waals surface area contributed by atoms with Crippen molar-refractivity contribution in [3.63, 3.8) is 0 Å². The molecule has 2 aromatic heterocycles. The van der Waals surface area contributed by atoms with Crippen molar-refractivity contribution in [2.75, 3.05) is 23.4 Å². The summed E-state index contributed by atoms with van der Waals surface area (Å²) in [5.41, 5.74) is 5.33. The molecule has 0 aliphatic rings. The Morgan fingerprint density at radius 2 is 2.00 bits per heavy atom. The molecule has 2 rings (SSSR count). The topological polar surface area (TPSA) is 170 Å². The molecule has 0 radical (unpaired) electrons. The second-order valence-electron chi connectivity index (χ2n) is 4.24. The first-order chi connectivity index (χ1) is 9.76. The zero-order valence-electron chi connectivity index (χ0n) is 12.7. The predicted octanol–water partition coefficient (Wildman–Crippen LogP) is -8.63. The summed E-state index contributed by atoms with van der Waals surface area (Å²) < 4.78 is 23.6. The van der Waals surface area contributed by atoms with Crippen LogP contribution in [0.4, 0.5) is 5.95 Å². The number of imidazole rings is 1. The van der Waals surface area contributed by atoms with Gasteiger partial charge in [-0.2, -0.15) is 4.98 Å². The molecule has 10 nitrogen and oxygen atoms in total. The number of anilines is 1. The fourth-order valence-electron chi connectivity index (χ4n) is 1.65. The molecule has 2 aromatic rings. The number of nitrogens with two attached hydrogens (primary N) is 1. The quantitative estimate of drug-likeness (QED) is 0.368. The van der Waals surface area contributed by atoms with Gasteiger partial charge < -0.3 is 24.7 Å². The maximum absolute atomic E-state index is 11.6. The molecule has 1 unspecified atom stereocenters. The number of aromatic nitrogens is 4. The Hall–Kier alpha value is 0.450. The van der Waals surface area contributed by atoms with Gasteiger partial charge in [0.15, 0.2) is 11.2 Å². The third kappa shape index (κ3) is 7.07. The number of H-pyrrole nitrogens is 1. The molecule has 0 aliphatic carbocycles. The van der Waals surface area contributed by atoms with Crippen molar-refractivity contribution in [1.82, 2.24) is 19.5 Å². The first-order valence-corrected chi connectivity index (χ1v) is 9.04. The van der Waals surface area contributed by atoms with Crippen molar-refractivity contribution < 1.29 is 77.7 Å². The molecule has 1 atom stereocenters. The van der Waals surface area contributed by atoms with Gasteiger partial charge in [0.05, 0.1) is 6.33 Å². The number of hydrogen-bond acceptors (Lipinski definition) is 8. The Labute approximate surface area is 177 Å². The largest absolute Gasteiger partial charge is 1.00 e. The van der Waals surface area contributed by atoms with Crippen molar-refractivity contribution >= 4 is 35.5 Å². The smallest absolute Gasteiger partial charge is 0.811 e. The minimum absolute atomic E-state index is 0. The van der Waals surface area contributed by atoms with E-state index in [0.717, 1.165) is 0 Å². The Bertz CT molecular complexity index is 790. The molecule has 116 valence electrons. The molecule has 0 aliphatic heterocycles. The number of aryl methyl sites for hydroxylation is 1. The Morgan fingerprint density at radius 1 is 1.35 bits per heavy atom. The van der Waals surface area contributed by atoms with Gasteiger partial charge in [0.1, 0.15) is 0 Å². The maximum Gasteiger partial charge on any atom is 1.00 e. The SMILES string of the molecule is Nc1nc2c(ncn2CCS(=O)CCP(=O)([O-])[O-])c(=O)[nH]1.[Na+].[Na+]. The molecule has 0 bridgehead atoms. The van der Waals surface area contributed by atoms with Crippen LogP contribution in [0.3, 0.4) is 0 Å². The summed E-state index contributed by atoms with van der Waals surface area (Å²) in [4.78, 5) is 42.6. The van der Waals surface area contributed by atoms with Gasteiger partial charge in [-0.1, -0.05) is 7.60 Å². The van der Waals surface area contributed by atoms with E-state index in [1.165, 1.54) is 10.9 Å². The van der Waals surface area contributed by atoms with E-state index in [9.17, 15) is 23.4 Å². The van der Waals surface area contributed by atoms with E-state index in [4.69, 9.17) is 5.73 Å². The number of rotatable bonds is 6. The summed E-state index contributed by atoms with van der Waals surface area (Å²) >= 11 is 0. The van der Waals surface area contributed by atoms with Gasteiger partial charge >= 0.3 is 59.1 Å². The van der Waals surface area contributed by atoms with Crippen LogP contribution in [0.1, 0.15) is 0 Å². The van der Waals surface area contributed by atoms with Gasteiger partial charge in [-0.05, 0) is 6.16 Å². The van der Waals surface area contributed by atoms with Crippen molar-refractivity contribution in [2.45, 2.75) is 6.54 Å². The maximum atomic E-state index is 11.6. The third-order valence-electron chi connectivity index (χ3n) is 2.65. The van der Waals surface area contributed by atoms with E-state index < -0.39 is 30.1 Å². The van der Waals surface area contributed by atoms with Gasteiger partial charge in [0.25, 0.3) is 5.56 Å². The standard InChI is InChI=1S/C9H14N5O5PS.2Na/c10-9-12-7-6(8(15)13-9)11-5-14(7)1-3-21(19)4-2-20(16,17)18;;/h5H,1-4H2,(H2,16,17,18)(H3,10,12,13,15);;/q;2*+1/p-2. The Kier molecular flexibility index (Phi) is 10.0. The first-order valence-electron chi connectivity index (χ1n) is 5.83. The van der Waals surface area contributed by atoms with E-state index in [2.05, 4.69) is 15.0 Å². The average molecular weight is 379 g/mol. The fourth-order valence-corrected chi connectivity index (χ4v) is 3.96. The molecule has 2 heterocycles. The summed E-state index contributed by atoms with van der Waals surface area (Å²) in [5.74, 6) is -0.165. The fraction of sp³-hybridized carbons (Fsp3) is 0.444. The van der Waals surface area contributed by atoms with E-state index in [0.29, 0.717) is 0 Å². The Balaban J connectivity index is 0.00000242. The molecule has 0 spiro atoms. The molecule has 0 saturated heterocycles. The normalized spacial score (nSPS) is 12.4. The van der Waals surface area contributed by atoms with Crippen LogP contribution in [0, 0.1) is 0 Å². The number of nitrogens with one attached hydrogen (secondary N) is 1. The molecule has 0 fully saturated rings. The summed E-state index contributed by atoms with van der Waals surface area (Å²) in [5, 5.41) is 0. The summed E-state index contributed by atoms with van der Waals surface area (Å²) in [6.45, 7) is 0.209. The van der Waals surface area contributed by atoms with Gasteiger partial charge in [0, 0.05) is 28.9 Å². The number of nitrogen functional groups attached to an aromatic ring is 1. The second kappa shape index (κ2) is 9.81. The van der Waals surface area contributed by atoms with Crippen LogP contribution in [0.2, 0.25) is 0 Å². The molecular formula is C9H12N5Na2O5PS. The van der Waals surface area contributed by atoms with Gasteiger partial charge in [-0.25, -0.2) is 4.98 Å². The molecule has 3 N–H and O–H groups in total. The summed E-state index contributed by atoms with van der Waals surface area (Å²) in [6, 6.07) is 0. The molecule has 23 heavy (non-hydrogen) atoms. The van der Waals surface area contributed by atoms with Crippen LogP contribution in [-0.4, -0.2) is 41.4 Å². The molecule has 14 heteroatoms. The van der Waals surface area contributed by atoms with E-state index in [1.54, 1.807) is 0 Å². The molecule has 0 amide bonds. The average Bonchev–Trinajstić information content (AvgIpc) is 2.76. The van der Waals surface area contributed by atoms with Crippen LogP contribution >= 0.6 is 7.60 Å². The van der Waals surface area contributed by atoms with E-state index in [1.807, 2.05) is 0 Å². The minimum Gasteiger partial charge on any atom is -0.811 e. The number of nitrogens with zero attached hydrogens (tertiary/aromatic N) is 3. The van der Waals surface area contributed by atoms with E-state index >= 15 is 0 Å². The minimum atomic E-state index is -4.64. The van der Waals surface area contributed by atoms with Crippen molar-refractivity contribution in [2.24, 2.45) is 0 Å². The van der Waals surface area contributed by atoms with Gasteiger partial charge in [0.2, 0.25) is 5.95 Å². The molecular weight excluding hydrogens is 367 g/mol. The van der Waals surface area contributed by atoms with E-state index in [-0.39, 0.29) is 94.3 Å². The van der Waals surface area contributed by atoms with Crippen LogP contribution in [0.25, 0.3) is 11.2 Å². The summed E-state index contributed by atoms with van der Waals surface area (Å²) in [6.07, 6.45) is 0.713. The van der Waals surface area contributed by atoms with Crippen LogP contribution in [0.15, 0.2) is 11.1 Å². The second-order valence-corrected chi connectivity index (χ2v) is 7.61. The predicted molar refractivity (Wildman–Crippen MR) is 72.9 cm³/mol. The van der Waals surface area contributed by atoms with Crippen molar-refractivity contribution in [3.8, 4) is 0 Å². The van der Waals surface area contributed by atoms with Crippen LogP contribution in [-0.2, 0) is 21.9 Å². The molecule has 0 saturated carbocycles. The van der Waals surface area contributed by atoms with Crippen molar-refractivity contribution in [1.29, 1.82) is 0 Å². The van der Waals surface area contributed by atoms with Crippen LogP contribution < -0.4 is 80.2 Å². The number of fused-ring (bicyclic) bond motifs is 1. The zero-order valence-corrected chi connectivity index (χ0v) is 18.4. The zero-order chi connectivity index (χ0) is 15.6. The number of hydrogen-bond donors (Lipinski definition) is 2. The van der Waals surface area contributed by atoms with Crippen LogP contribution in [0.5, 0.6) is 0 Å². The van der Waals surface area contributed by atoms with Gasteiger partial charge in [-0.15, -0.1) is 0 Å². The third-order valence-corrected chi connectivity index (χ3v) is 5.02. The first kappa shape index (κ1) is 23.4. The van der Waals surface area contributed by atoms with Gasteiger partial charge in [-0.3, -0.25) is 14.0 Å². The Morgan fingerprint density at radius 3 is 2.61 bits per heavy atom. The molecule has 0 aromatic carbocycles. The number of aromatic amines is 1.